The first-order chi connectivity index (χ1) is 8.97. The minimum Gasteiger partial charge on any atom is -0.399 e. The van der Waals surface area contributed by atoms with E-state index in [0.717, 1.165) is 10.0 Å². The van der Waals surface area contributed by atoms with Gasteiger partial charge in [-0.2, -0.15) is 0 Å². The van der Waals surface area contributed by atoms with E-state index in [9.17, 15) is 4.21 Å². The minimum atomic E-state index is -1.17. The van der Waals surface area contributed by atoms with Gasteiger partial charge in [0.1, 0.15) is 0 Å². The van der Waals surface area contributed by atoms with Gasteiger partial charge >= 0.3 is 0 Å². The van der Waals surface area contributed by atoms with Gasteiger partial charge in [-0.25, -0.2) is 0 Å². The molecule has 2 rings (SSSR count). The van der Waals surface area contributed by atoms with Gasteiger partial charge in [0.05, 0.1) is 31.5 Å². The van der Waals surface area contributed by atoms with Gasteiger partial charge < -0.3 is 5.73 Å². The number of halogens is 3. The standard InChI is InChI=1S/C13H10BrCl2NOS/c14-10-6-9(17)2-4-13(10)19(18)7-8-1-3-11(15)12(16)5-8/h1-6H,7,17H2. The molecule has 2 N–H and O–H groups in total. The minimum absolute atomic E-state index is 0.374. The zero-order valence-corrected chi connectivity index (χ0v) is 13.6. The van der Waals surface area contributed by atoms with Crippen molar-refractivity contribution in [2.45, 2.75) is 10.6 Å². The Morgan fingerprint density at radius 3 is 2.47 bits per heavy atom. The van der Waals surface area contributed by atoms with Gasteiger partial charge in [0, 0.05) is 10.2 Å². The fourth-order valence-electron chi connectivity index (χ4n) is 1.56. The van der Waals surface area contributed by atoms with Crippen LogP contribution in [0, 0.1) is 0 Å². The summed E-state index contributed by atoms with van der Waals surface area (Å²) < 4.78 is 13.0. The van der Waals surface area contributed by atoms with E-state index in [4.69, 9.17) is 28.9 Å². The van der Waals surface area contributed by atoms with Crippen molar-refractivity contribution in [3.05, 3.63) is 56.5 Å². The molecule has 1 unspecified atom stereocenters. The Morgan fingerprint density at radius 2 is 1.84 bits per heavy atom. The number of hydrogen-bond acceptors (Lipinski definition) is 2. The summed E-state index contributed by atoms with van der Waals surface area (Å²) in [6.45, 7) is 0. The summed E-state index contributed by atoms with van der Waals surface area (Å²) in [6.07, 6.45) is 0. The second kappa shape index (κ2) is 6.27. The van der Waals surface area contributed by atoms with Crippen LogP contribution in [0.5, 0.6) is 0 Å². The van der Waals surface area contributed by atoms with Crippen LogP contribution in [-0.4, -0.2) is 4.21 Å². The lowest BCUT2D eigenvalue weighted by Gasteiger charge is -2.07. The fourth-order valence-corrected chi connectivity index (χ4v) is 3.95. The maximum atomic E-state index is 12.3. The Morgan fingerprint density at radius 1 is 1.11 bits per heavy atom. The van der Waals surface area contributed by atoms with Crippen molar-refractivity contribution >= 4 is 55.6 Å². The van der Waals surface area contributed by atoms with Gasteiger partial charge in [-0.3, -0.25) is 4.21 Å². The molecule has 2 nitrogen and oxygen atoms in total. The molecular formula is C13H10BrCl2NOS. The van der Waals surface area contributed by atoms with Crippen LogP contribution < -0.4 is 5.73 Å². The lowest BCUT2D eigenvalue weighted by Crippen LogP contribution is -1.98. The van der Waals surface area contributed by atoms with Gasteiger partial charge in [-0.05, 0) is 51.8 Å². The van der Waals surface area contributed by atoms with E-state index in [1.807, 2.05) is 6.07 Å². The molecule has 0 spiro atoms. The summed E-state index contributed by atoms with van der Waals surface area (Å²) >= 11 is 15.2. The number of nitrogens with two attached hydrogens (primary N) is 1. The number of anilines is 1. The summed E-state index contributed by atoms with van der Waals surface area (Å²) in [5.41, 5.74) is 7.15. The molecule has 0 radical (unpaired) electrons. The molecule has 2 aromatic carbocycles. The van der Waals surface area contributed by atoms with E-state index in [-0.39, 0.29) is 0 Å². The molecule has 0 saturated carbocycles. The fraction of sp³-hybridized carbons (Fsp3) is 0.0769. The van der Waals surface area contributed by atoms with E-state index < -0.39 is 10.8 Å². The quantitative estimate of drug-likeness (QED) is 0.790. The molecule has 0 bridgehead atoms. The van der Waals surface area contributed by atoms with Crippen LogP contribution in [0.1, 0.15) is 5.56 Å². The maximum Gasteiger partial charge on any atom is 0.0595 e. The summed E-state index contributed by atoms with van der Waals surface area (Å²) in [5.74, 6) is 0.374. The van der Waals surface area contributed by atoms with Crippen LogP contribution in [0.15, 0.2) is 45.8 Å². The van der Waals surface area contributed by atoms with Crippen LogP contribution in [0.4, 0.5) is 5.69 Å². The molecule has 1 atom stereocenters. The molecule has 100 valence electrons. The average molecular weight is 379 g/mol. The highest BCUT2D eigenvalue weighted by Gasteiger charge is 2.10. The van der Waals surface area contributed by atoms with Crippen LogP contribution in [0.2, 0.25) is 10.0 Å². The first-order valence-corrected chi connectivity index (χ1v) is 8.21. The predicted octanol–water partition coefficient (Wildman–Crippen LogP) is 4.65. The summed E-state index contributed by atoms with van der Waals surface area (Å²) in [4.78, 5) is 0.709. The molecule has 0 heterocycles. The molecule has 2 aromatic rings. The summed E-state index contributed by atoms with van der Waals surface area (Å²) in [7, 11) is -1.17. The molecule has 0 amide bonds. The van der Waals surface area contributed by atoms with Crippen LogP contribution in [0.3, 0.4) is 0 Å². The third kappa shape index (κ3) is 3.72. The summed E-state index contributed by atoms with van der Waals surface area (Å²) in [6, 6.07) is 10.5. The number of benzene rings is 2. The molecule has 0 aliphatic rings. The molecule has 0 aliphatic carbocycles. The Kier molecular flexibility index (Phi) is 4.90. The molecule has 0 aromatic heterocycles. The Balaban J connectivity index is 2.23. The predicted molar refractivity (Wildman–Crippen MR) is 85.1 cm³/mol. The topological polar surface area (TPSA) is 43.1 Å². The van der Waals surface area contributed by atoms with Crippen LogP contribution in [0.25, 0.3) is 0 Å². The average Bonchev–Trinajstić information content (AvgIpc) is 2.33. The van der Waals surface area contributed by atoms with Crippen molar-refractivity contribution in [3.63, 3.8) is 0 Å². The van der Waals surface area contributed by atoms with Crippen molar-refractivity contribution in [1.82, 2.24) is 0 Å². The Bertz CT molecular complexity index is 649. The van der Waals surface area contributed by atoms with E-state index in [0.29, 0.717) is 26.4 Å². The first kappa shape index (κ1) is 14.9. The zero-order chi connectivity index (χ0) is 14.0. The Hall–Kier alpha value is -0.550. The summed E-state index contributed by atoms with van der Waals surface area (Å²) in [5, 5.41) is 0.956. The zero-order valence-electron chi connectivity index (χ0n) is 9.70. The monoisotopic (exact) mass is 377 g/mol. The van der Waals surface area contributed by atoms with Crippen molar-refractivity contribution < 1.29 is 4.21 Å². The molecular weight excluding hydrogens is 369 g/mol. The number of nitrogen functional groups attached to an aromatic ring is 1. The lowest BCUT2D eigenvalue weighted by molar-refractivity contribution is 0.682. The smallest absolute Gasteiger partial charge is 0.0595 e. The SMILES string of the molecule is Nc1ccc(S(=O)Cc2ccc(Cl)c(Cl)c2)c(Br)c1. The maximum absolute atomic E-state index is 12.3. The van der Waals surface area contributed by atoms with Crippen molar-refractivity contribution in [2.24, 2.45) is 0 Å². The molecule has 0 aliphatic heterocycles. The Labute approximate surface area is 132 Å². The van der Waals surface area contributed by atoms with Crippen LogP contribution in [-0.2, 0) is 16.6 Å². The van der Waals surface area contributed by atoms with Crippen LogP contribution >= 0.6 is 39.1 Å². The van der Waals surface area contributed by atoms with Crippen molar-refractivity contribution in [3.8, 4) is 0 Å². The molecule has 19 heavy (non-hydrogen) atoms. The van der Waals surface area contributed by atoms with E-state index >= 15 is 0 Å². The van der Waals surface area contributed by atoms with Gasteiger partial charge in [0.25, 0.3) is 0 Å². The van der Waals surface area contributed by atoms with Gasteiger partial charge in [0.2, 0.25) is 0 Å². The van der Waals surface area contributed by atoms with Gasteiger partial charge in [-0.1, -0.05) is 29.3 Å². The molecule has 6 heteroatoms. The number of hydrogen-bond donors (Lipinski definition) is 1. The molecule has 0 fully saturated rings. The highest BCUT2D eigenvalue weighted by Crippen LogP contribution is 2.27. The largest absolute Gasteiger partial charge is 0.399 e. The van der Waals surface area contributed by atoms with Crippen molar-refractivity contribution in [1.29, 1.82) is 0 Å². The van der Waals surface area contributed by atoms with E-state index in [2.05, 4.69) is 15.9 Å². The van der Waals surface area contributed by atoms with E-state index in [1.165, 1.54) is 0 Å². The second-order valence-electron chi connectivity index (χ2n) is 3.93. The van der Waals surface area contributed by atoms with Gasteiger partial charge in [0.15, 0.2) is 0 Å². The normalized spacial score (nSPS) is 12.4. The van der Waals surface area contributed by atoms with Crippen molar-refractivity contribution in [2.75, 3.05) is 5.73 Å². The highest BCUT2D eigenvalue weighted by molar-refractivity contribution is 9.10. The lowest BCUT2D eigenvalue weighted by atomic mass is 10.2. The molecule has 0 saturated heterocycles. The van der Waals surface area contributed by atoms with Gasteiger partial charge in [-0.15, -0.1) is 0 Å². The van der Waals surface area contributed by atoms with E-state index in [1.54, 1.807) is 30.3 Å². The number of rotatable bonds is 3. The second-order valence-corrected chi connectivity index (χ2v) is 7.02. The third-order valence-electron chi connectivity index (χ3n) is 2.48. The first-order valence-electron chi connectivity index (χ1n) is 5.34. The third-order valence-corrected chi connectivity index (χ3v) is 5.58. The highest BCUT2D eigenvalue weighted by atomic mass is 79.9.